The van der Waals surface area contributed by atoms with Crippen molar-refractivity contribution in [3.05, 3.63) is 64.9 Å². The third-order valence-corrected chi connectivity index (χ3v) is 6.49. The number of hydrogen-bond donors (Lipinski definition) is 1. The fourth-order valence-electron chi connectivity index (χ4n) is 5.22. The maximum atomic E-state index is 15.2. The normalized spacial score (nSPS) is 21.5. The number of rotatable bonds is 3. The number of pyridine rings is 1. The molecular weight excluding hydrogens is 353 g/mol. The molecule has 1 saturated heterocycles. The van der Waals surface area contributed by atoms with Crippen LogP contribution in [-0.4, -0.2) is 32.6 Å². The van der Waals surface area contributed by atoms with Crippen molar-refractivity contribution in [2.45, 2.75) is 51.3 Å². The summed E-state index contributed by atoms with van der Waals surface area (Å²) >= 11 is 0. The molecule has 2 atom stereocenters. The molecule has 1 fully saturated rings. The topological polar surface area (TPSA) is 41.3 Å². The van der Waals surface area contributed by atoms with Gasteiger partial charge in [0.25, 0.3) is 0 Å². The Bertz CT molecular complexity index is 1040. The van der Waals surface area contributed by atoms with Crippen LogP contribution >= 0.6 is 0 Å². The molecule has 2 unspecified atom stereocenters. The molecule has 1 N–H and O–H groups in total. The molecule has 3 aromatic rings. The van der Waals surface area contributed by atoms with Gasteiger partial charge < -0.3 is 9.67 Å². The highest BCUT2D eigenvalue weighted by atomic mass is 19.1. The number of benzene rings is 1. The van der Waals surface area contributed by atoms with Crippen LogP contribution in [0, 0.1) is 12.7 Å². The van der Waals surface area contributed by atoms with Gasteiger partial charge in [-0.15, -0.1) is 0 Å². The van der Waals surface area contributed by atoms with Crippen LogP contribution in [0.25, 0.3) is 10.9 Å². The van der Waals surface area contributed by atoms with E-state index in [2.05, 4.69) is 16.0 Å². The first kappa shape index (κ1) is 17.8. The molecule has 0 radical (unpaired) electrons. The average molecular weight is 379 g/mol. The van der Waals surface area contributed by atoms with E-state index < -0.39 is 5.60 Å². The summed E-state index contributed by atoms with van der Waals surface area (Å²) in [6, 6.07) is 7.80. The smallest absolute Gasteiger partial charge is 0.147 e. The molecule has 2 aliphatic rings. The summed E-state index contributed by atoms with van der Waals surface area (Å²) in [6.45, 7) is 6.19. The highest BCUT2D eigenvalue weighted by molar-refractivity contribution is 5.87. The molecule has 1 aromatic carbocycles. The third-order valence-electron chi connectivity index (χ3n) is 6.49. The number of fused-ring (bicyclic) bond motifs is 5. The standard InChI is InChI=1S/C23H26FN3O/c1-15-11-17-21-19-6-4-9-26(19)10-7-20(21)27(22(17)18(24)12-15)14-23(2,28)16-5-3-8-25-13-16/h3,5,8,11-13,19,28H,4,6-7,9-10,14H2,1-2H3. The lowest BCUT2D eigenvalue weighted by molar-refractivity contribution is 0.0379. The van der Waals surface area contributed by atoms with E-state index in [1.165, 1.54) is 17.7 Å². The Morgan fingerprint density at radius 3 is 2.96 bits per heavy atom. The van der Waals surface area contributed by atoms with E-state index in [0.717, 1.165) is 42.4 Å². The minimum absolute atomic E-state index is 0.198. The fraction of sp³-hybridized carbons (Fsp3) is 0.435. The molecular formula is C23H26FN3O. The largest absolute Gasteiger partial charge is 0.384 e. The second-order valence-corrected chi connectivity index (χ2v) is 8.55. The van der Waals surface area contributed by atoms with Gasteiger partial charge in [-0.25, -0.2) is 4.39 Å². The average Bonchev–Trinajstić information content (AvgIpc) is 3.25. The Kier molecular flexibility index (Phi) is 4.07. The monoisotopic (exact) mass is 379 g/mol. The molecule has 0 aliphatic carbocycles. The van der Waals surface area contributed by atoms with Gasteiger partial charge in [-0.1, -0.05) is 6.07 Å². The second-order valence-electron chi connectivity index (χ2n) is 8.55. The van der Waals surface area contributed by atoms with Crippen molar-refractivity contribution in [1.82, 2.24) is 14.5 Å². The number of aliphatic hydroxyl groups is 1. The van der Waals surface area contributed by atoms with Crippen molar-refractivity contribution < 1.29 is 9.50 Å². The highest BCUT2D eigenvalue weighted by Crippen LogP contribution is 2.44. The van der Waals surface area contributed by atoms with Crippen LogP contribution in [0.2, 0.25) is 0 Å². The molecule has 0 spiro atoms. The van der Waals surface area contributed by atoms with E-state index in [1.807, 2.05) is 23.6 Å². The lowest BCUT2D eigenvalue weighted by Crippen LogP contribution is -2.33. The van der Waals surface area contributed by atoms with Crippen LogP contribution in [0.15, 0.2) is 36.7 Å². The summed E-state index contributed by atoms with van der Waals surface area (Å²) in [5, 5.41) is 12.3. The first-order chi connectivity index (χ1) is 13.5. The molecule has 5 rings (SSSR count). The Morgan fingerprint density at radius 2 is 2.18 bits per heavy atom. The van der Waals surface area contributed by atoms with Crippen LogP contribution in [-0.2, 0) is 18.6 Å². The van der Waals surface area contributed by atoms with Gasteiger partial charge in [0.1, 0.15) is 11.4 Å². The summed E-state index contributed by atoms with van der Waals surface area (Å²) in [7, 11) is 0. The van der Waals surface area contributed by atoms with E-state index in [9.17, 15) is 5.11 Å². The van der Waals surface area contributed by atoms with Crippen LogP contribution in [0.4, 0.5) is 4.39 Å². The Hall–Kier alpha value is -2.24. The van der Waals surface area contributed by atoms with Crippen LogP contribution in [0.3, 0.4) is 0 Å². The van der Waals surface area contributed by atoms with Gasteiger partial charge in [0.05, 0.1) is 12.1 Å². The molecule has 0 bridgehead atoms. The van der Waals surface area contributed by atoms with Crippen molar-refractivity contribution in [3.8, 4) is 0 Å². The molecule has 0 saturated carbocycles. The molecule has 4 nitrogen and oxygen atoms in total. The van der Waals surface area contributed by atoms with Gasteiger partial charge in [0, 0.05) is 48.0 Å². The van der Waals surface area contributed by atoms with Gasteiger partial charge in [-0.05, 0) is 62.6 Å². The summed E-state index contributed by atoms with van der Waals surface area (Å²) in [5.41, 5.74) is 3.66. The lowest BCUT2D eigenvalue weighted by Gasteiger charge is -2.32. The van der Waals surface area contributed by atoms with E-state index in [1.54, 1.807) is 25.4 Å². The summed E-state index contributed by atoms with van der Waals surface area (Å²) in [6.07, 6.45) is 6.60. The Morgan fingerprint density at radius 1 is 1.32 bits per heavy atom. The highest BCUT2D eigenvalue weighted by Gasteiger charge is 2.37. The Balaban J connectivity index is 1.71. The number of aromatic nitrogens is 2. The first-order valence-electron chi connectivity index (χ1n) is 10.1. The van der Waals surface area contributed by atoms with Crippen molar-refractivity contribution in [1.29, 1.82) is 0 Å². The quantitative estimate of drug-likeness (QED) is 0.745. The van der Waals surface area contributed by atoms with Crippen molar-refractivity contribution in [2.75, 3.05) is 13.1 Å². The summed E-state index contributed by atoms with van der Waals surface area (Å²) in [5.74, 6) is -0.198. The minimum Gasteiger partial charge on any atom is -0.384 e. The second kappa shape index (κ2) is 6.39. The minimum atomic E-state index is -1.13. The van der Waals surface area contributed by atoms with Crippen molar-refractivity contribution in [3.63, 3.8) is 0 Å². The number of aryl methyl sites for hydroxylation is 1. The Labute approximate surface area is 164 Å². The zero-order valence-corrected chi connectivity index (χ0v) is 16.5. The molecule has 146 valence electrons. The van der Waals surface area contributed by atoms with Crippen LogP contribution < -0.4 is 0 Å². The van der Waals surface area contributed by atoms with Gasteiger partial charge in [-0.3, -0.25) is 9.88 Å². The fourth-order valence-corrected chi connectivity index (χ4v) is 5.22. The molecule has 2 aromatic heterocycles. The SMILES string of the molecule is Cc1cc(F)c2c(c1)c1c(n2CC(C)(O)c2cccnc2)CCN2CCCC12. The zero-order valence-electron chi connectivity index (χ0n) is 16.5. The summed E-state index contributed by atoms with van der Waals surface area (Å²) in [4.78, 5) is 6.69. The van der Waals surface area contributed by atoms with E-state index in [4.69, 9.17) is 0 Å². The summed E-state index contributed by atoms with van der Waals surface area (Å²) < 4.78 is 17.2. The third kappa shape index (κ3) is 2.68. The maximum Gasteiger partial charge on any atom is 0.147 e. The zero-order chi connectivity index (χ0) is 19.5. The van der Waals surface area contributed by atoms with E-state index >= 15 is 4.39 Å². The molecule has 4 heterocycles. The number of nitrogens with zero attached hydrogens (tertiary/aromatic N) is 3. The van der Waals surface area contributed by atoms with Crippen molar-refractivity contribution in [2.24, 2.45) is 0 Å². The van der Waals surface area contributed by atoms with Crippen LogP contribution in [0.5, 0.6) is 0 Å². The lowest BCUT2D eigenvalue weighted by atomic mass is 9.95. The van der Waals surface area contributed by atoms with Gasteiger partial charge in [0.15, 0.2) is 0 Å². The number of halogens is 1. The van der Waals surface area contributed by atoms with E-state index in [0.29, 0.717) is 18.1 Å². The predicted molar refractivity (Wildman–Crippen MR) is 108 cm³/mol. The van der Waals surface area contributed by atoms with Gasteiger partial charge in [-0.2, -0.15) is 0 Å². The molecule has 0 amide bonds. The van der Waals surface area contributed by atoms with Gasteiger partial charge in [0.2, 0.25) is 0 Å². The number of hydrogen-bond acceptors (Lipinski definition) is 3. The first-order valence-corrected chi connectivity index (χ1v) is 10.1. The van der Waals surface area contributed by atoms with Gasteiger partial charge >= 0.3 is 0 Å². The maximum absolute atomic E-state index is 15.2. The van der Waals surface area contributed by atoms with Crippen LogP contribution in [0.1, 0.15) is 48.2 Å². The van der Waals surface area contributed by atoms with E-state index in [-0.39, 0.29) is 5.82 Å². The molecule has 5 heteroatoms. The molecule has 2 aliphatic heterocycles. The predicted octanol–water partition coefficient (Wildman–Crippen LogP) is 4.08. The van der Waals surface area contributed by atoms with Crippen molar-refractivity contribution >= 4 is 10.9 Å². The molecule has 28 heavy (non-hydrogen) atoms.